The minimum atomic E-state index is -0.616. The lowest BCUT2D eigenvalue weighted by molar-refractivity contribution is -0.116. The van der Waals surface area contributed by atoms with Crippen LogP contribution in [-0.4, -0.2) is 18.8 Å². The van der Waals surface area contributed by atoms with E-state index in [-0.39, 0.29) is 17.6 Å². The summed E-state index contributed by atoms with van der Waals surface area (Å²) < 4.78 is 11.1. The standard InChI is InChI=1S/C31H26N2O4/c1-36-23-15-13-20(14-16-23)30-29-25(18-22(19-27(29)34)28-12-7-17-37-28)32-24-10-5-6-11-26(24)33(30)31(35)21-8-3-2-4-9-21/h2-17,22,30,32H,18-19H2,1H3/t22-,30-/m1/s1. The van der Waals surface area contributed by atoms with Crippen LogP contribution in [0.15, 0.2) is 113 Å². The van der Waals surface area contributed by atoms with Crippen LogP contribution in [0.5, 0.6) is 5.75 Å². The summed E-state index contributed by atoms with van der Waals surface area (Å²) in [5, 5.41) is 3.54. The number of para-hydroxylation sites is 2. The molecule has 0 saturated carbocycles. The van der Waals surface area contributed by atoms with E-state index in [4.69, 9.17) is 9.15 Å². The Hall–Kier alpha value is -4.58. The van der Waals surface area contributed by atoms with Crippen LogP contribution >= 0.6 is 0 Å². The van der Waals surface area contributed by atoms with Gasteiger partial charge in [-0.15, -0.1) is 0 Å². The van der Waals surface area contributed by atoms with Crippen LogP contribution in [0.2, 0.25) is 0 Å². The van der Waals surface area contributed by atoms with E-state index in [2.05, 4.69) is 5.32 Å². The predicted octanol–water partition coefficient (Wildman–Crippen LogP) is 6.50. The SMILES string of the molecule is COc1ccc([C@@H]2C3=C(C[C@@H](c4ccco4)CC3=O)Nc3ccccc3N2C(=O)c2ccccc2)cc1. The summed E-state index contributed by atoms with van der Waals surface area (Å²) in [7, 11) is 1.62. The highest BCUT2D eigenvalue weighted by Crippen LogP contribution is 2.48. The first-order valence-corrected chi connectivity index (χ1v) is 12.3. The minimum Gasteiger partial charge on any atom is -0.497 e. The summed E-state index contributed by atoms with van der Waals surface area (Å²) >= 11 is 0. The summed E-state index contributed by atoms with van der Waals surface area (Å²) in [4.78, 5) is 29.9. The van der Waals surface area contributed by atoms with E-state index in [1.165, 1.54) is 0 Å². The number of methoxy groups -OCH3 is 1. The van der Waals surface area contributed by atoms with Crippen LogP contribution in [0.25, 0.3) is 0 Å². The molecule has 1 aromatic heterocycles. The first-order valence-electron chi connectivity index (χ1n) is 12.3. The van der Waals surface area contributed by atoms with Crippen molar-refractivity contribution >= 4 is 23.1 Å². The number of fused-ring (bicyclic) bond motifs is 1. The normalized spacial score (nSPS) is 18.9. The highest BCUT2D eigenvalue weighted by Gasteiger charge is 2.42. The Bertz CT molecular complexity index is 1470. The van der Waals surface area contributed by atoms with Gasteiger partial charge in [0.25, 0.3) is 5.91 Å². The zero-order valence-corrected chi connectivity index (χ0v) is 20.4. The zero-order valence-electron chi connectivity index (χ0n) is 20.4. The van der Waals surface area contributed by atoms with Gasteiger partial charge in [-0.2, -0.15) is 0 Å². The lowest BCUT2D eigenvalue weighted by Gasteiger charge is -2.35. The van der Waals surface area contributed by atoms with E-state index >= 15 is 0 Å². The third-order valence-electron chi connectivity index (χ3n) is 7.11. The van der Waals surface area contributed by atoms with Gasteiger partial charge in [-0.1, -0.05) is 42.5 Å². The van der Waals surface area contributed by atoms with Crippen molar-refractivity contribution in [2.75, 3.05) is 17.3 Å². The third kappa shape index (κ3) is 4.10. The molecule has 0 spiro atoms. The van der Waals surface area contributed by atoms with Crippen LogP contribution < -0.4 is 15.0 Å². The van der Waals surface area contributed by atoms with Gasteiger partial charge in [0.15, 0.2) is 5.78 Å². The molecule has 184 valence electrons. The number of ether oxygens (including phenoxy) is 1. The molecule has 1 N–H and O–H groups in total. The molecule has 0 fully saturated rings. The highest BCUT2D eigenvalue weighted by atomic mass is 16.5. The van der Waals surface area contributed by atoms with Gasteiger partial charge in [-0.05, 0) is 60.5 Å². The largest absolute Gasteiger partial charge is 0.497 e. The second kappa shape index (κ2) is 9.47. The van der Waals surface area contributed by atoms with Crippen molar-refractivity contribution in [3.63, 3.8) is 0 Å². The van der Waals surface area contributed by atoms with Crippen molar-refractivity contribution in [1.29, 1.82) is 0 Å². The summed E-state index contributed by atoms with van der Waals surface area (Å²) in [6, 6.07) is 27.6. The second-order valence-corrected chi connectivity index (χ2v) is 9.30. The van der Waals surface area contributed by atoms with Crippen molar-refractivity contribution in [3.05, 3.63) is 125 Å². The first-order chi connectivity index (χ1) is 18.1. The van der Waals surface area contributed by atoms with Crippen LogP contribution in [-0.2, 0) is 4.79 Å². The lowest BCUT2D eigenvalue weighted by atomic mass is 9.80. The number of nitrogens with zero attached hydrogens (tertiary/aromatic N) is 1. The van der Waals surface area contributed by atoms with Crippen LogP contribution in [0.4, 0.5) is 11.4 Å². The number of benzene rings is 3. The second-order valence-electron chi connectivity index (χ2n) is 9.30. The molecule has 6 nitrogen and oxygen atoms in total. The Morgan fingerprint density at radius 1 is 0.919 bits per heavy atom. The van der Waals surface area contributed by atoms with Crippen LogP contribution in [0.1, 0.15) is 46.5 Å². The molecule has 0 radical (unpaired) electrons. The van der Waals surface area contributed by atoms with E-state index in [0.717, 1.165) is 22.7 Å². The molecule has 6 heteroatoms. The van der Waals surface area contributed by atoms with Crippen molar-refractivity contribution in [3.8, 4) is 5.75 Å². The van der Waals surface area contributed by atoms with Gasteiger partial charge < -0.3 is 14.5 Å². The number of ketones is 1. The number of anilines is 2. The summed E-state index contributed by atoms with van der Waals surface area (Å²) in [5.74, 6) is 1.24. The maximum absolute atomic E-state index is 14.2. The fourth-order valence-electron chi connectivity index (χ4n) is 5.36. The molecule has 2 aliphatic rings. The Balaban J connectivity index is 1.57. The molecular weight excluding hydrogens is 464 g/mol. The van der Waals surface area contributed by atoms with Gasteiger partial charge in [0, 0.05) is 29.2 Å². The molecule has 1 aliphatic carbocycles. The summed E-state index contributed by atoms with van der Waals surface area (Å²) in [6.45, 7) is 0. The topological polar surface area (TPSA) is 71.8 Å². The molecule has 1 aliphatic heterocycles. The van der Waals surface area contributed by atoms with Crippen LogP contribution in [0.3, 0.4) is 0 Å². The molecular formula is C31H26N2O4. The van der Waals surface area contributed by atoms with Crippen molar-refractivity contribution in [2.45, 2.75) is 24.8 Å². The molecule has 2 atom stereocenters. The number of carbonyl (C=O) groups is 2. The Kier molecular flexibility index (Phi) is 5.85. The average Bonchev–Trinajstić information content (AvgIpc) is 3.43. The van der Waals surface area contributed by atoms with Gasteiger partial charge in [0.2, 0.25) is 0 Å². The fourth-order valence-corrected chi connectivity index (χ4v) is 5.36. The number of hydrogen-bond donors (Lipinski definition) is 1. The Labute approximate surface area is 215 Å². The van der Waals surface area contributed by atoms with Crippen LogP contribution in [0, 0.1) is 0 Å². The molecule has 2 heterocycles. The molecule has 0 unspecified atom stereocenters. The van der Waals surface area contributed by atoms with Crippen molar-refractivity contribution in [1.82, 2.24) is 0 Å². The lowest BCUT2D eigenvalue weighted by Crippen LogP contribution is -2.38. The molecule has 0 saturated heterocycles. The smallest absolute Gasteiger partial charge is 0.259 e. The number of nitrogens with one attached hydrogen (secondary N) is 1. The molecule has 6 rings (SSSR count). The van der Waals surface area contributed by atoms with E-state index in [1.807, 2.05) is 78.9 Å². The maximum atomic E-state index is 14.2. The molecule has 4 aromatic rings. The minimum absolute atomic E-state index is 0.00497. The van der Waals surface area contributed by atoms with Gasteiger partial charge in [-0.25, -0.2) is 0 Å². The molecule has 0 bridgehead atoms. The van der Waals surface area contributed by atoms with Gasteiger partial charge >= 0.3 is 0 Å². The zero-order chi connectivity index (χ0) is 25.4. The monoisotopic (exact) mass is 490 g/mol. The number of hydrogen-bond acceptors (Lipinski definition) is 5. The maximum Gasteiger partial charge on any atom is 0.259 e. The highest BCUT2D eigenvalue weighted by molar-refractivity contribution is 6.12. The number of rotatable bonds is 4. The van der Waals surface area contributed by atoms with Gasteiger partial charge in [0.1, 0.15) is 11.5 Å². The number of amides is 1. The van der Waals surface area contributed by atoms with Crippen molar-refractivity contribution < 1.29 is 18.7 Å². The summed E-state index contributed by atoms with van der Waals surface area (Å²) in [5.41, 5.74) is 4.30. The van der Waals surface area contributed by atoms with E-state index in [1.54, 1.807) is 30.4 Å². The molecule has 1 amide bonds. The van der Waals surface area contributed by atoms with E-state index in [9.17, 15) is 9.59 Å². The average molecular weight is 491 g/mol. The number of allylic oxidation sites excluding steroid dienone is 1. The first kappa shape index (κ1) is 22.9. The number of furan rings is 1. The fraction of sp³-hybridized carbons (Fsp3) is 0.161. The van der Waals surface area contributed by atoms with Gasteiger partial charge in [-0.3, -0.25) is 14.5 Å². The van der Waals surface area contributed by atoms with Gasteiger partial charge in [0.05, 0.1) is 30.8 Å². The Morgan fingerprint density at radius 3 is 2.41 bits per heavy atom. The number of carbonyl (C=O) groups excluding carboxylic acids is 2. The Morgan fingerprint density at radius 2 is 1.68 bits per heavy atom. The molecule has 3 aromatic carbocycles. The van der Waals surface area contributed by atoms with Crippen molar-refractivity contribution in [2.24, 2.45) is 0 Å². The predicted molar refractivity (Wildman–Crippen MR) is 142 cm³/mol. The summed E-state index contributed by atoms with van der Waals surface area (Å²) in [6.07, 6.45) is 2.55. The quantitative estimate of drug-likeness (QED) is 0.353. The van der Waals surface area contributed by atoms with E-state index in [0.29, 0.717) is 35.4 Å². The molecule has 37 heavy (non-hydrogen) atoms. The third-order valence-corrected chi connectivity index (χ3v) is 7.11. The van der Waals surface area contributed by atoms with E-state index < -0.39 is 6.04 Å². The number of Topliss-reactive ketones (excluding diaryl/α,β-unsaturated/α-hetero) is 1.